The van der Waals surface area contributed by atoms with E-state index in [0.717, 1.165) is 32.1 Å². The average molecular weight is 318 g/mol. The van der Waals surface area contributed by atoms with Crippen LogP contribution in [0.4, 0.5) is 8.78 Å². The standard InChI is InChI=1S/C21H17BF2/c22-20-14-13-18(16-21(20)24)10-7-5-3-1-2-4-6-9-17-11-8-12-19(23)15-17/h8,11-16H,1-5H2. The molecular weight excluding hydrogens is 301 g/mol. The molecule has 0 amide bonds. The molecule has 0 saturated heterocycles. The first-order valence-corrected chi connectivity index (χ1v) is 7.93. The van der Waals surface area contributed by atoms with Crippen LogP contribution >= 0.6 is 0 Å². The van der Waals surface area contributed by atoms with Gasteiger partial charge in [-0.2, -0.15) is 0 Å². The lowest BCUT2D eigenvalue weighted by Gasteiger charge is -1.96. The van der Waals surface area contributed by atoms with E-state index in [1.165, 1.54) is 24.3 Å². The Bertz CT molecular complexity index is 804. The number of halogens is 2. The van der Waals surface area contributed by atoms with Gasteiger partial charge in [-0.3, -0.25) is 0 Å². The molecule has 0 aliphatic carbocycles. The van der Waals surface area contributed by atoms with Crippen molar-refractivity contribution in [1.29, 1.82) is 0 Å². The van der Waals surface area contributed by atoms with E-state index < -0.39 is 5.82 Å². The second-order valence-electron chi connectivity index (χ2n) is 5.41. The third-order valence-corrected chi connectivity index (χ3v) is 3.39. The first-order valence-electron chi connectivity index (χ1n) is 7.93. The van der Waals surface area contributed by atoms with Crippen molar-refractivity contribution in [2.75, 3.05) is 0 Å². The molecule has 0 nitrogen and oxygen atoms in total. The van der Waals surface area contributed by atoms with Gasteiger partial charge in [-0.15, -0.1) is 0 Å². The van der Waals surface area contributed by atoms with E-state index in [9.17, 15) is 8.78 Å². The van der Waals surface area contributed by atoms with E-state index in [4.69, 9.17) is 7.85 Å². The minimum absolute atomic E-state index is 0.139. The molecule has 0 bridgehead atoms. The van der Waals surface area contributed by atoms with Gasteiger partial charge in [0.1, 0.15) is 19.5 Å². The van der Waals surface area contributed by atoms with Crippen LogP contribution in [-0.4, -0.2) is 7.85 Å². The fourth-order valence-electron chi connectivity index (χ4n) is 2.10. The molecule has 2 aromatic carbocycles. The van der Waals surface area contributed by atoms with Gasteiger partial charge in [0, 0.05) is 24.0 Å². The van der Waals surface area contributed by atoms with E-state index in [1.807, 2.05) is 0 Å². The smallest absolute Gasteiger partial charge is 0.124 e. The first kappa shape index (κ1) is 17.8. The highest BCUT2D eigenvalue weighted by Crippen LogP contribution is 2.04. The molecule has 118 valence electrons. The van der Waals surface area contributed by atoms with Crippen LogP contribution in [0.5, 0.6) is 0 Å². The Morgan fingerprint density at radius 2 is 1.46 bits per heavy atom. The Balaban J connectivity index is 1.64. The van der Waals surface area contributed by atoms with Crippen molar-refractivity contribution in [2.45, 2.75) is 32.1 Å². The molecule has 0 spiro atoms. The molecule has 2 aromatic rings. The third kappa shape index (κ3) is 6.31. The molecule has 3 heteroatoms. The zero-order valence-corrected chi connectivity index (χ0v) is 13.4. The molecule has 0 heterocycles. The molecule has 2 radical (unpaired) electrons. The molecule has 0 aromatic heterocycles. The van der Waals surface area contributed by atoms with Crippen LogP contribution in [0.2, 0.25) is 0 Å². The molecular formula is C21H17BF2. The summed E-state index contributed by atoms with van der Waals surface area (Å²) >= 11 is 0. The molecule has 0 unspecified atom stereocenters. The number of hydrogen-bond acceptors (Lipinski definition) is 0. The summed E-state index contributed by atoms with van der Waals surface area (Å²) < 4.78 is 26.2. The van der Waals surface area contributed by atoms with Gasteiger partial charge < -0.3 is 0 Å². The van der Waals surface area contributed by atoms with Crippen molar-refractivity contribution < 1.29 is 8.78 Å². The normalized spacial score (nSPS) is 9.58. The fourth-order valence-corrected chi connectivity index (χ4v) is 2.10. The topological polar surface area (TPSA) is 0 Å². The van der Waals surface area contributed by atoms with Crippen LogP contribution in [0.1, 0.15) is 43.2 Å². The second kappa shape index (κ2) is 9.59. The summed E-state index contributed by atoms with van der Waals surface area (Å²) in [5.74, 6) is 11.3. The lowest BCUT2D eigenvalue weighted by atomic mass is 9.94. The van der Waals surface area contributed by atoms with Crippen LogP contribution in [0, 0.1) is 35.3 Å². The molecule has 0 fully saturated rings. The van der Waals surface area contributed by atoms with Gasteiger partial charge in [0.05, 0.1) is 0 Å². The minimum Gasteiger partial charge on any atom is -0.208 e. The molecule has 0 N–H and O–H groups in total. The van der Waals surface area contributed by atoms with E-state index in [2.05, 4.69) is 23.7 Å². The Hall–Kier alpha value is -2.52. The van der Waals surface area contributed by atoms with Crippen molar-refractivity contribution in [3.05, 3.63) is 65.2 Å². The Labute approximate surface area is 143 Å². The van der Waals surface area contributed by atoms with Gasteiger partial charge in [-0.25, -0.2) is 8.78 Å². The summed E-state index contributed by atoms with van der Waals surface area (Å²) in [5.41, 5.74) is 1.49. The van der Waals surface area contributed by atoms with Crippen LogP contribution in [-0.2, 0) is 0 Å². The summed E-state index contributed by atoms with van der Waals surface area (Å²) in [6, 6.07) is 10.9. The van der Waals surface area contributed by atoms with Crippen molar-refractivity contribution in [1.82, 2.24) is 0 Å². The van der Waals surface area contributed by atoms with E-state index >= 15 is 0 Å². The summed E-state index contributed by atoms with van der Waals surface area (Å²) in [6.45, 7) is 0. The van der Waals surface area contributed by atoms with Crippen molar-refractivity contribution in [3.63, 3.8) is 0 Å². The van der Waals surface area contributed by atoms with Crippen LogP contribution < -0.4 is 5.46 Å². The fraction of sp³-hybridized carbons (Fsp3) is 0.238. The lowest BCUT2D eigenvalue weighted by Crippen LogP contribution is -2.07. The van der Waals surface area contributed by atoms with Crippen LogP contribution in [0.15, 0.2) is 42.5 Å². The third-order valence-electron chi connectivity index (χ3n) is 3.39. The zero-order chi connectivity index (χ0) is 17.2. The predicted octanol–water partition coefficient (Wildman–Crippen LogP) is 4.11. The molecule has 0 atom stereocenters. The Morgan fingerprint density at radius 1 is 0.792 bits per heavy atom. The van der Waals surface area contributed by atoms with E-state index in [-0.39, 0.29) is 11.3 Å². The Morgan fingerprint density at radius 3 is 2.08 bits per heavy atom. The summed E-state index contributed by atoms with van der Waals surface area (Å²) in [6.07, 6.45) is 4.55. The maximum absolute atomic E-state index is 13.2. The van der Waals surface area contributed by atoms with Gasteiger partial charge >= 0.3 is 0 Å². The second-order valence-corrected chi connectivity index (χ2v) is 5.41. The summed E-state index contributed by atoms with van der Waals surface area (Å²) in [4.78, 5) is 0. The molecule has 24 heavy (non-hydrogen) atoms. The van der Waals surface area contributed by atoms with Crippen molar-refractivity contribution in [2.24, 2.45) is 0 Å². The first-order chi connectivity index (χ1) is 11.6. The number of unbranched alkanes of at least 4 members (excludes halogenated alkanes) is 4. The number of rotatable bonds is 4. The maximum Gasteiger partial charge on any atom is 0.124 e. The van der Waals surface area contributed by atoms with Crippen LogP contribution in [0.25, 0.3) is 0 Å². The van der Waals surface area contributed by atoms with Gasteiger partial charge in [0.2, 0.25) is 0 Å². The SMILES string of the molecule is [B]c1ccc(C#CCCCCCC#Cc2cccc(F)c2)cc1F. The van der Waals surface area contributed by atoms with Gasteiger partial charge in [-0.05, 0) is 43.2 Å². The molecule has 0 saturated carbocycles. The van der Waals surface area contributed by atoms with E-state index in [1.54, 1.807) is 18.2 Å². The average Bonchev–Trinajstić information content (AvgIpc) is 2.56. The van der Waals surface area contributed by atoms with Crippen molar-refractivity contribution in [3.8, 4) is 23.7 Å². The zero-order valence-electron chi connectivity index (χ0n) is 13.4. The highest BCUT2D eigenvalue weighted by Gasteiger charge is 1.95. The van der Waals surface area contributed by atoms with Gasteiger partial charge in [-0.1, -0.05) is 47.7 Å². The monoisotopic (exact) mass is 318 g/mol. The molecule has 2 rings (SSSR count). The predicted molar refractivity (Wildman–Crippen MR) is 95.0 cm³/mol. The highest BCUT2D eigenvalue weighted by molar-refractivity contribution is 6.32. The maximum atomic E-state index is 13.2. The summed E-state index contributed by atoms with van der Waals surface area (Å²) in [5, 5.41) is 0. The minimum atomic E-state index is -0.432. The number of hydrogen-bond donors (Lipinski definition) is 0. The quantitative estimate of drug-likeness (QED) is 0.452. The van der Waals surface area contributed by atoms with Crippen LogP contribution in [0.3, 0.4) is 0 Å². The largest absolute Gasteiger partial charge is 0.208 e. The summed E-state index contributed by atoms with van der Waals surface area (Å²) in [7, 11) is 5.41. The highest BCUT2D eigenvalue weighted by atomic mass is 19.1. The van der Waals surface area contributed by atoms with Gasteiger partial charge in [0.15, 0.2) is 0 Å². The Kier molecular flexibility index (Phi) is 7.12. The van der Waals surface area contributed by atoms with Crippen molar-refractivity contribution >= 4 is 13.3 Å². The molecule has 0 aliphatic rings. The van der Waals surface area contributed by atoms with E-state index in [0.29, 0.717) is 11.1 Å². The lowest BCUT2D eigenvalue weighted by molar-refractivity contribution is 0.627. The van der Waals surface area contributed by atoms with Gasteiger partial charge in [0.25, 0.3) is 0 Å². The number of benzene rings is 2. The molecule has 0 aliphatic heterocycles.